The van der Waals surface area contributed by atoms with Crippen LogP contribution in [-0.4, -0.2) is 12.5 Å². The second-order valence-electron chi connectivity index (χ2n) is 5.06. The van der Waals surface area contributed by atoms with E-state index in [1.54, 1.807) is 6.07 Å². The molecule has 1 aromatic rings. The van der Waals surface area contributed by atoms with Gasteiger partial charge in [-0.05, 0) is 65.5 Å². The molecular weight excluding hydrogens is 361 g/mol. The Labute approximate surface area is 127 Å². The number of nitrogens with one attached hydrogen (secondary N) is 1. The van der Waals surface area contributed by atoms with Gasteiger partial charge in [0.15, 0.2) is 0 Å². The van der Waals surface area contributed by atoms with Crippen LogP contribution in [0.15, 0.2) is 18.2 Å². The van der Waals surface area contributed by atoms with Crippen molar-refractivity contribution in [3.05, 3.63) is 32.4 Å². The first-order chi connectivity index (χ1) is 8.56. The summed E-state index contributed by atoms with van der Waals surface area (Å²) in [5.74, 6) is -0.0179. The number of carbonyl (C=O) groups excluding carboxylic acids is 1. The number of rotatable bonds is 5. The smallest absolute Gasteiger partial charge is 0.251 e. The molecule has 0 atom stereocenters. The third kappa shape index (κ3) is 3.38. The van der Waals surface area contributed by atoms with Crippen LogP contribution in [-0.2, 0) is 0 Å². The second-order valence-corrected chi connectivity index (χ2v) is 6.63. The van der Waals surface area contributed by atoms with Crippen molar-refractivity contribution in [2.45, 2.75) is 32.6 Å². The normalized spacial score (nSPS) is 16.4. The van der Waals surface area contributed by atoms with Gasteiger partial charge in [0, 0.05) is 15.7 Å². The van der Waals surface area contributed by atoms with Gasteiger partial charge in [-0.3, -0.25) is 4.79 Å². The Hall–Kier alpha value is -0.290. The van der Waals surface area contributed by atoms with Crippen LogP contribution >= 0.6 is 34.2 Å². The molecule has 1 amide bonds. The van der Waals surface area contributed by atoms with Gasteiger partial charge in [-0.25, -0.2) is 0 Å². The van der Waals surface area contributed by atoms with E-state index in [-0.39, 0.29) is 5.91 Å². The zero-order valence-corrected chi connectivity index (χ0v) is 13.3. The van der Waals surface area contributed by atoms with E-state index in [1.165, 1.54) is 25.7 Å². The molecule has 2 rings (SSSR count). The van der Waals surface area contributed by atoms with Gasteiger partial charge in [0.2, 0.25) is 0 Å². The maximum absolute atomic E-state index is 12.0. The Morgan fingerprint density at radius 2 is 2.22 bits per heavy atom. The lowest BCUT2D eigenvalue weighted by Gasteiger charge is -2.15. The summed E-state index contributed by atoms with van der Waals surface area (Å²) in [5, 5.41) is 3.67. The van der Waals surface area contributed by atoms with Crippen LogP contribution in [0.2, 0.25) is 5.02 Å². The number of benzene rings is 1. The van der Waals surface area contributed by atoms with Crippen molar-refractivity contribution in [1.29, 1.82) is 0 Å². The van der Waals surface area contributed by atoms with Gasteiger partial charge in [0.25, 0.3) is 5.91 Å². The highest BCUT2D eigenvalue weighted by atomic mass is 127. The van der Waals surface area contributed by atoms with Crippen molar-refractivity contribution in [2.24, 2.45) is 5.41 Å². The van der Waals surface area contributed by atoms with Crippen molar-refractivity contribution in [1.82, 2.24) is 5.32 Å². The second kappa shape index (κ2) is 5.78. The monoisotopic (exact) mass is 377 g/mol. The molecule has 18 heavy (non-hydrogen) atoms. The van der Waals surface area contributed by atoms with Gasteiger partial charge in [0.05, 0.1) is 5.02 Å². The van der Waals surface area contributed by atoms with Crippen molar-refractivity contribution in [3.8, 4) is 0 Å². The molecular formula is C14H17ClINO. The number of carbonyl (C=O) groups is 1. The number of hydrogen-bond acceptors (Lipinski definition) is 1. The van der Waals surface area contributed by atoms with E-state index >= 15 is 0 Å². The summed E-state index contributed by atoms with van der Waals surface area (Å²) >= 11 is 8.18. The van der Waals surface area contributed by atoms with Gasteiger partial charge in [-0.2, -0.15) is 0 Å². The zero-order chi connectivity index (χ0) is 13.2. The van der Waals surface area contributed by atoms with Crippen molar-refractivity contribution >= 4 is 40.1 Å². The molecule has 1 aromatic carbocycles. The highest BCUT2D eigenvalue weighted by Crippen LogP contribution is 2.48. The lowest BCUT2D eigenvalue weighted by atomic mass is 10.0. The molecule has 1 aliphatic rings. The van der Waals surface area contributed by atoms with Crippen LogP contribution < -0.4 is 5.32 Å². The third-order valence-corrected chi connectivity index (χ3v) is 5.12. The first-order valence-electron chi connectivity index (χ1n) is 6.29. The van der Waals surface area contributed by atoms with Crippen LogP contribution in [0, 0.1) is 8.99 Å². The summed E-state index contributed by atoms with van der Waals surface area (Å²) in [6.45, 7) is 2.99. The molecule has 0 saturated heterocycles. The highest BCUT2D eigenvalue weighted by Gasteiger charge is 2.41. The molecule has 0 aromatic heterocycles. The molecule has 0 radical (unpaired) electrons. The maximum atomic E-state index is 12.0. The number of hydrogen-bond donors (Lipinski definition) is 1. The fourth-order valence-electron chi connectivity index (χ4n) is 2.23. The summed E-state index contributed by atoms with van der Waals surface area (Å²) in [4.78, 5) is 12.0. The summed E-state index contributed by atoms with van der Waals surface area (Å²) in [6.07, 6.45) is 4.88. The Balaban J connectivity index is 1.93. The third-order valence-electron chi connectivity index (χ3n) is 3.54. The van der Waals surface area contributed by atoms with Gasteiger partial charge in [-0.15, -0.1) is 0 Å². The molecule has 1 N–H and O–H groups in total. The fraction of sp³-hybridized carbons (Fsp3) is 0.500. The van der Waals surface area contributed by atoms with Crippen molar-refractivity contribution in [2.75, 3.05) is 6.54 Å². The maximum Gasteiger partial charge on any atom is 0.251 e. The summed E-state index contributed by atoms with van der Waals surface area (Å²) in [6, 6.07) is 5.43. The lowest BCUT2D eigenvalue weighted by Crippen LogP contribution is -2.30. The summed E-state index contributed by atoms with van der Waals surface area (Å²) in [7, 11) is 0. The first kappa shape index (κ1) is 14.1. The minimum Gasteiger partial charge on any atom is -0.351 e. The van der Waals surface area contributed by atoms with E-state index in [0.29, 0.717) is 16.0 Å². The molecule has 0 aliphatic heterocycles. The van der Waals surface area contributed by atoms with Crippen LogP contribution in [0.4, 0.5) is 0 Å². The highest BCUT2D eigenvalue weighted by molar-refractivity contribution is 14.1. The molecule has 1 fully saturated rings. The molecule has 4 heteroatoms. The fourth-order valence-corrected chi connectivity index (χ4v) is 2.75. The molecule has 98 valence electrons. The quantitative estimate of drug-likeness (QED) is 0.764. The minimum atomic E-state index is -0.0179. The Kier molecular flexibility index (Phi) is 4.54. The van der Waals surface area contributed by atoms with Crippen LogP contribution in [0.25, 0.3) is 0 Å². The molecule has 0 bridgehead atoms. The Morgan fingerprint density at radius 1 is 1.50 bits per heavy atom. The number of halogens is 2. The van der Waals surface area contributed by atoms with E-state index in [0.717, 1.165) is 10.1 Å². The first-order valence-corrected chi connectivity index (χ1v) is 7.75. The largest absolute Gasteiger partial charge is 0.351 e. The van der Waals surface area contributed by atoms with E-state index in [4.69, 9.17) is 11.6 Å². The lowest BCUT2D eigenvalue weighted by molar-refractivity contribution is 0.0943. The average Bonchev–Trinajstić information content (AvgIpc) is 3.11. The minimum absolute atomic E-state index is 0.0179. The van der Waals surface area contributed by atoms with Crippen LogP contribution in [0.5, 0.6) is 0 Å². The Bertz CT molecular complexity index is 457. The molecule has 1 saturated carbocycles. The average molecular weight is 378 g/mol. The van der Waals surface area contributed by atoms with E-state index in [9.17, 15) is 4.79 Å². The van der Waals surface area contributed by atoms with Gasteiger partial charge >= 0.3 is 0 Å². The SMILES string of the molecule is CCCC1(CNC(=O)c2ccc(I)c(Cl)c2)CC1. The molecule has 0 unspecified atom stereocenters. The molecule has 0 spiro atoms. The van der Waals surface area contributed by atoms with Gasteiger partial charge in [-0.1, -0.05) is 24.9 Å². The summed E-state index contributed by atoms with van der Waals surface area (Å²) < 4.78 is 0.968. The van der Waals surface area contributed by atoms with E-state index < -0.39 is 0 Å². The molecule has 0 heterocycles. The van der Waals surface area contributed by atoms with Gasteiger partial charge < -0.3 is 5.32 Å². The van der Waals surface area contributed by atoms with Crippen molar-refractivity contribution in [3.63, 3.8) is 0 Å². The van der Waals surface area contributed by atoms with Crippen LogP contribution in [0.3, 0.4) is 0 Å². The van der Waals surface area contributed by atoms with Gasteiger partial charge in [0.1, 0.15) is 0 Å². The predicted molar refractivity (Wildman–Crippen MR) is 83.1 cm³/mol. The molecule has 2 nitrogen and oxygen atoms in total. The zero-order valence-electron chi connectivity index (χ0n) is 10.4. The van der Waals surface area contributed by atoms with Crippen molar-refractivity contribution < 1.29 is 4.79 Å². The topological polar surface area (TPSA) is 29.1 Å². The summed E-state index contributed by atoms with van der Waals surface area (Å²) in [5.41, 5.74) is 1.03. The standard InChI is InChI=1S/C14H17ClINO/c1-2-5-14(6-7-14)9-17-13(18)10-3-4-12(16)11(15)8-10/h3-4,8H,2,5-7,9H2,1H3,(H,17,18). The van der Waals surface area contributed by atoms with E-state index in [1.807, 2.05) is 12.1 Å². The predicted octanol–water partition coefficient (Wildman–Crippen LogP) is 4.25. The Morgan fingerprint density at radius 3 is 2.78 bits per heavy atom. The number of amides is 1. The molecule has 1 aliphatic carbocycles. The van der Waals surface area contributed by atoms with E-state index in [2.05, 4.69) is 34.8 Å². The van der Waals surface area contributed by atoms with Crippen LogP contribution in [0.1, 0.15) is 43.0 Å².